The van der Waals surface area contributed by atoms with Gasteiger partial charge < -0.3 is 4.90 Å². The Morgan fingerprint density at radius 3 is 2.33 bits per heavy atom. The van der Waals surface area contributed by atoms with Crippen LogP contribution in [0, 0.1) is 0 Å². The monoisotopic (exact) mass is 280 g/mol. The molecule has 0 N–H and O–H groups in total. The molecule has 0 saturated carbocycles. The molecule has 0 aliphatic carbocycles. The Labute approximate surface area is 108 Å². The second-order valence-electron chi connectivity index (χ2n) is 3.82. The third-order valence-corrected chi connectivity index (χ3v) is 3.12. The summed E-state index contributed by atoms with van der Waals surface area (Å²) in [4.78, 5) is 16.4. The molecule has 1 heterocycles. The fraction of sp³-hybridized carbons (Fsp3) is 0.636. The number of hydrogen-bond acceptors (Lipinski definition) is 3. The smallest absolute Gasteiger partial charge is 0.338 e. The van der Waals surface area contributed by atoms with E-state index in [9.17, 15) is 18.0 Å². The highest BCUT2D eigenvalue weighted by atomic mass is 32.1. The number of carbonyl (C=O) groups is 1. The summed E-state index contributed by atoms with van der Waals surface area (Å²) in [5.74, 6) is -0.575. The predicted molar refractivity (Wildman–Crippen MR) is 63.6 cm³/mol. The van der Waals surface area contributed by atoms with Gasteiger partial charge in [-0.15, -0.1) is 11.3 Å². The Morgan fingerprint density at radius 2 is 1.89 bits per heavy atom. The average molecular weight is 280 g/mol. The molecule has 1 amide bonds. The summed E-state index contributed by atoms with van der Waals surface area (Å²) in [6.45, 7) is 4.68. The van der Waals surface area contributed by atoms with E-state index in [4.69, 9.17) is 0 Å². The fourth-order valence-corrected chi connectivity index (χ4v) is 2.37. The Bertz CT molecular complexity index is 397. The van der Waals surface area contributed by atoms with Gasteiger partial charge in [0.15, 0.2) is 5.69 Å². The van der Waals surface area contributed by atoms with Gasteiger partial charge in [0.2, 0.25) is 0 Å². The molecule has 0 atom stereocenters. The van der Waals surface area contributed by atoms with Gasteiger partial charge in [-0.25, -0.2) is 4.98 Å². The number of hydrogen-bond donors (Lipinski definition) is 0. The van der Waals surface area contributed by atoms with Crippen molar-refractivity contribution in [2.75, 3.05) is 13.1 Å². The highest BCUT2D eigenvalue weighted by molar-refractivity contribution is 7.11. The van der Waals surface area contributed by atoms with Crippen LogP contribution >= 0.6 is 11.3 Å². The van der Waals surface area contributed by atoms with Crippen LogP contribution in [0.3, 0.4) is 0 Å². The van der Waals surface area contributed by atoms with Crippen LogP contribution in [0.2, 0.25) is 0 Å². The molecule has 1 aromatic heterocycles. The van der Waals surface area contributed by atoms with Crippen LogP contribution in [-0.2, 0) is 6.18 Å². The largest absolute Gasteiger partial charge is 0.434 e. The molecule has 1 rings (SSSR count). The van der Waals surface area contributed by atoms with Crippen LogP contribution in [0.5, 0.6) is 0 Å². The first-order valence-corrected chi connectivity index (χ1v) is 6.59. The van der Waals surface area contributed by atoms with E-state index in [1.54, 1.807) is 0 Å². The zero-order valence-corrected chi connectivity index (χ0v) is 11.1. The van der Waals surface area contributed by atoms with E-state index in [0.717, 1.165) is 16.8 Å². The van der Waals surface area contributed by atoms with Crippen molar-refractivity contribution in [2.45, 2.75) is 32.9 Å². The van der Waals surface area contributed by atoms with E-state index in [-0.39, 0.29) is 4.88 Å². The Kier molecular flexibility index (Phi) is 5.13. The van der Waals surface area contributed by atoms with E-state index < -0.39 is 17.8 Å². The van der Waals surface area contributed by atoms with Gasteiger partial charge >= 0.3 is 6.18 Å². The van der Waals surface area contributed by atoms with Gasteiger partial charge in [-0.05, 0) is 12.8 Å². The number of nitrogens with zero attached hydrogens (tertiary/aromatic N) is 2. The lowest BCUT2D eigenvalue weighted by molar-refractivity contribution is -0.141. The summed E-state index contributed by atoms with van der Waals surface area (Å²) in [7, 11) is 0. The molecule has 0 spiro atoms. The van der Waals surface area contributed by atoms with Gasteiger partial charge in [-0.2, -0.15) is 13.2 Å². The maximum absolute atomic E-state index is 12.7. The zero-order valence-electron chi connectivity index (χ0n) is 10.3. The summed E-state index contributed by atoms with van der Waals surface area (Å²) in [5, 5.41) is 0. The first-order valence-electron chi connectivity index (χ1n) is 5.71. The Hall–Kier alpha value is -1.11. The first kappa shape index (κ1) is 14.9. The van der Waals surface area contributed by atoms with Gasteiger partial charge in [-0.3, -0.25) is 4.79 Å². The lowest BCUT2D eigenvalue weighted by Gasteiger charge is -2.21. The molecular formula is C11H15F3N2OS. The molecular weight excluding hydrogens is 265 g/mol. The molecule has 0 saturated heterocycles. The van der Waals surface area contributed by atoms with E-state index in [1.165, 1.54) is 4.90 Å². The minimum atomic E-state index is -4.57. The van der Waals surface area contributed by atoms with Gasteiger partial charge in [0.25, 0.3) is 5.91 Å². The van der Waals surface area contributed by atoms with Gasteiger partial charge in [0.05, 0.1) is 5.51 Å². The molecule has 0 aliphatic rings. The molecule has 7 heteroatoms. The standard InChI is InChI=1S/C11H15F3N2OS/c1-3-5-16(6-4-2)10(17)8-9(11(12,13)14)15-7-18-8/h7H,3-6H2,1-2H3. The maximum atomic E-state index is 12.7. The molecule has 18 heavy (non-hydrogen) atoms. The molecule has 1 aromatic rings. The summed E-state index contributed by atoms with van der Waals surface area (Å²) in [6, 6.07) is 0. The van der Waals surface area contributed by atoms with Crippen LogP contribution in [0.15, 0.2) is 5.51 Å². The van der Waals surface area contributed by atoms with E-state index in [2.05, 4.69) is 4.98 Å². The Balaban J connectivity index is 2.98. The molecule has 0 aliphatic heterocycles. The maximum Gasteiger partial charge on any atom is 0.434 e. The van der Waals surface area contributed by atoms with Gasteiger partial charge in [-0.1, -0.05) is 13.8 Å². The van der Waals surface area contributed by atoms with Crippen LogP contribution < -0.4 is 0 Å². The van der Waals surface area contributed by atoms with Crippen LogP contribution in [0.25, 0.3) is 0 Å². The second kappa shape index (κ2) is 6.17. The van der Waals surface area contributed by atoms with E-state index in [0.29, 0.717) is 25.9 Å². The van der Waals surface area contributed by atoms with Crippen molar-refractivity contribution >= 4 is 17.2 Å². The fourth-order valence-electron chi connectivity index (χ4n) is 1.60. The van der Waals surface area contributed by atoms with Crippen LogP contribution in [0.1, 0.15) is 42.1 Å². The van der Waals surface area contributed by atoms with Crippen LogP contribution in [-0.4, -0.2) is 28.9 Å². The minimum absolute atomic E-state index is 0.315. The summed E-state index contributed by atoms with van der Waals surface area (Å²) >= 11 is 0.742. The molecule has 102 valence electrons. The normalized spacial score (nSPS) is 11.6. The minimum Gasteiger partial charge on any atom is -0.338 e. The summed E-state index contributed by atoms with van der Waals surface area (Å²) in [5.41, 5.74) is -0.0127. The number of thiazole rings is 1. The molecule has 0 fully saturated rings. The van der Waals surface area contributed by atoms with Crippen LogP contribution in [0.4, 0.5) is 13.2 Å². The lowest BCUT2D eigenvalue weighted by atomic mass is 10.3. The molecule has 0 unspecified atom stereocenters. The zero-order chi connectivity index (χ0) is 13.8. The van der Waals surface area contributed by atoms with Crippen molar-refractivity contribution in [1.82, 2.24) is 9.88 Å². The van der Waals surface area contributed by atoms with Gasteiger partial charge in [0.1, 0.15) is 4.88 Å². The number of halogens is 3. The summed E-state index contributed by atoms with van der Waals surface area (Å²) in [6.07, 6.45) is -3.15. The van der Waals surface area contributed by atoms with Crippen molar-refractivity contribution in [3.8, 4) is 0 Å². The van der Waals surface area contributed by atoms with Crippen molar-refractivity contribution in [3.05, 3.63) is 16.1 Å². The number of aromatic nitrogens is 1. The van der Waals surface area contributed by atoms with E-state index >= 15 is 0 Å². The summed E-state index contributed by atoms with van der Waals surface area (Å²) < 4.78 is 38.0. The predicted octanol–water partition coefficient (Wildman–Crippen LogP) is 3.42. The van der Waals surface area contributed by atoms with Crippen molar-refractivity contribution < 1.29 is 18.0 Å². The number of alkyl halides is 3. The molecule has 0 aromatic carbocycles. The molecule has 0 bridgehead atoms. The highest BCUT2D eigenvalue weighted by Gasteiger charge is 2.39. The number of rotatable bonds is 5. The van der Waals surface area contributed by atoms with Gasteiger partial charge in [0, 0.05) is 13.1 Å². The third-order valence-electron chi connectivity index (χ3n) is 2.30. The second-order valence-corrected chi connectivity index (χ2v) is 4.67. The molecule has 0 radical (unpaired) electrons. The SMILES string of the molecule is CCCN(CCC)C(=O)c1scnc1C(F)(F)F. The quantitative estimate of drug-likeness (QED) is 0.828. The Morgan fingerprint density at radius 1 is 1.33 bits per heavy atom. The average Bonchev–Trinajstić information content (AvgIpc) is 2.76. The first-order chi connectivity index (χ1) is 8.41. The van der Waals surface area contributed by atoms with Crippen molar-refractivity contribution in [1.29, 1.82) is 0 Å². The van der Waals surface area contributed by atoms with Crippen molar-refractivity contribution in [2.24, 2.45) is 0 Å². The molecule has 3 nitrogen and oxygen atoms in total. The highest BCUT2D eigenvalue weighted by Crippen LogP contribution is 2.33. The number of carbonyl (C=O) groups excluding carboxylic acids is 1. The third kappa shape index (κ3) is 3.44. The van der Waals surface area contributed by atoms with Crippen molar-refractivity contribution in [3.63, 3.8) is 0 Å². The number of amides is 1. The lowest BCUT2D eigenvalue weighted by Crippen LogP contribution is -2.33. The topological polar surface area (TPSA) is 33.2 Å². The van der Waals surface area contributed by atoms with E-state index in [1.807, 2.05) is 13.8 Å².